The molecule has 152 valence electrons. The van der Waals surface area contributed by atoms with Crippen molar-refractivity contribution in [3.05, 3.63) is 71.7 Å². The number of benzene rings is 2. The van der Waals surface area contributed by atoms with Crippen LogP contribution >= 0.6 is 0 Å². The summed E-state index contributed by atoms with van der Waals surface area (Å²) in [6, 6.07) is 14.8. The minimum atomic E-state index is -0.205. The molecule has 6 heteroatoms. The summed E-state index contributed by atoms with van der Waals surface area (Å²) in [5.41, 5.74) is 4.65. The van der Waals surface area contributed by atoms with Crippen LogP contribution in [0.15, 0.2) is 59.3 Å². The van der Waals surface area contributed by atoms with Crippen LogP contribution < -0.4 is 10.1 Å². The van der Waals surface area contributed by atoms with E-state index in [2.05, 4.69) is 15.5 Å². The number of nitrogens with one attached hydrogen (secondary N) is 1. The summed E-state index contributed by atoms with van der Waals surface area (Å²) in [5.74, 6) is 1.28. The predicted octanol–water partition coefficient (Wildman–Crippen LogP) is 5.55. The van der Waals surface area contributed by atoms with Crippen molar-refractivity contribution in [2.24, 2.45) is 0 Å². The molecule has 0 spiro atoms. The molecule has 0 aliphatic rings. The van der Waals surface area contributed by atoms with Gasteiger partial charge in [0.15, 0.2) is 0 Å². The molecule has 6 nitrogen and oxygen atoms in total. The Kier molecular flexibility index (Phi) is 5.23. The van der Waals surface area contributed by atoms with Gasteiger partial charge in [-0.05, 0) is 69.7 Å². The minimum absolute atomic E-state index is 0.0818. The SMILES string of the molecule is Cc1noc(C)c1-c1ccnc2c(NC(=O)c3ccc(OC(C)C)cc3)cccc12. The monoisotopic (exact) mass is 401 g/mol. The van der Waals surface area contributed by atoms with Gasteiger partial charge in [0, 0.05) is 22.7 Å². The first-order valence-electron chi connectivity index (χ1n) is 9.83. The van der Waals surface area contributed by atoms with Gasteiger partial charge < -0.3 is 14.6 Å². The quantitative estimate of drug-likeness (QED) is 0.475. The number of aryl methyl sites for hydroxylation is 2. The molecule has 1 N–H and O–H groups in total. The highest BCUT2D eigenvalue weighted by Crippen LogP contribution is 2.34. The molecule has 0 bridgehead atoms. The van der Waals surface area contributed by atoms with Gasteiger partial charge in [-0.3, -0.25) is 9.78 Å². The summed E-state index contributed by atoms with van der Waals surface area (Å²) in [5, 5.41) is 7.96. The van der Waals surface area contributed by atoms with Crippen molar-refractivity contribution in [1.82, 2.24) is 10.1 Å². The molecule has 4 rings (SSSR count). The molecule has 0 radical (unpaired) electrons. The van der Waals surface area contributed by atoms with E-state index < -0.39 is 0 Å². The number of anilines is 1. The van der Waals surface area contributed by atoms with Gasteiger partial charge in [-0.15, -0.1) is 0 Å². The Bertz CT molecular complexity index is 1190. The molecule has 0 aliphatic carbocycles. The summed E-state index contributed by atoms with van der Waals surface area (Å²) >= 11 is 0. The normalized spacial score (nSPS) is 11.1. The largest absolute Gasteiger partial charge is 0.491 e. The van der Waals surface area contributed by atoms with Crippen LogP contribution in [0.5, 0.6) is 5.75 Å². The van der Waals surface area contributed by atoms with Crippen LogP contribution in [0.3, 0.4) is 0 Å². The van der Waals surface area contributed by atoms with Crippen molar-refractivity contribution < 1.29 is 14.1 Å². The van der Waals surface area contributed by atoms with Gasteiger partial charge in [-0.25, -0.2) is 0 Å². The van der Waals surface area contributed by atoms with Crippen molar-refractivity contribution in [1.29, 1.82) is 0 Å². The molecular weight excluding hydrogens is 378 g/mol. The van der Waals surface area contributed by atoms with Crippen LogP contribution in [-0.4, -0.2) is 22.2 Å². The van der Waals surface area contributed by atoms with E-state index in [1.807, 2.05) is 52.0 Å². The Morgan fingerprint density at radius 2 is 1.83 bits per heavy atom. The number of fused-ring (bicyclic) bond motifs is 1. The first-order valence-corrected chi connectivity index (χ1v) is 9.83. The fourth-order valence-corrected chi connectivity index (χ4v) is 3.51. The van der Waals surface area contributed by atoms with Crippen LogP contribution in [0.4, 0.5) is 5.69 Å². The Morgan fingerprint density at radius 3 is 2.50 bits per heavy atom. The average molecular weight is 401 g/mol. The number of pyridine rings is 1. The molecule has 1 amide bonds. The first kappa shape index (κ1) is 19.6. The maximum atomic E-state index is 12.8. The molecule has 0 atom stereocenters. The number of aromatic nitrogens is 2. The maximum Gasteiger partial charge on any atom is 0.255 e. The van der Waals surface area contributed by atoms with Gasteiger partial charge in [0.2, 0.25) is 0 Å². The third-order valence-corrected chi connectivity index (χ3v) is 4.81. The van der Waals surface area contributed by atoms with Gasteiger partial charge in [0.1, 0.15) is 11.5 Å². The van der Waals surface area contributed by atoms with Gasteiger partial charge in [0.25, 0.3) is 5.91 Å². The molecule has 0 aliphatic heterocycles. The highest BCUT2D eigenvalue weighted by atomic mass is 16.5. The van der Waals surface area contributed by atoms with Gasteiger partial charge in [-0.2, -0.15) is 0 Å². The summed E-state index contributed by atoms with van der Waals surface area (Å²) in [7, 11) is 0. The lowest BCUT2D eigenvalue weighted by Gasteiger charge is -2.12. The molecule has 0 saturated heterocycles. The second kappa shape index (κ2) is 7.99. The number of hydrogen-bond donors (Lipinski definition) is 1. The van der Waals surface area contributed by atoms with Crippen molar-refractivity contribution in [3.63, 3.8) is 0 Å². The van der Waals surface area contributed by atoms with Crippen molar-refractivity contribution >= 4 is 22.5 Å². The van der Waals surface area contributed by atoms with Crippen LogP contribution in [-0.2, 0) is 0 Å². The van der Waals surface area contributed by atoms with Crippen LogP contribution in [0.25, 0.3) is 22.0 Å². The molecule has 30 heavy (non-hydrogen) atoms. The average Bonchev–Trinajstić information content (AvgIpc) is 3.06. The third-order valence-electron chi connectivity index (χ3n) is 4.81. The molecule has 4 aromatic rings. The Morgan fingerprint density at radius 1 is 1.07 bits per heavy atom. The van der Waals surface area contributed by atoms with Crippen LogP contribution in [0.1, 0.15) is 35.7 Å². The van der Waals surface area contributed by atoms with E-state index >= 15 is 0 Å². The molecule has 0 fully saturated rings. The number of hydrogen-bond acceptors (Lipinski definition) is 5. The Labute approximate surface area is 174 Å². The summed E-state index contributed by atoms with van der Waals surface area (Å²) in [6.45, 7) is 7.73. The second-order valence-corrected chi connectivity index (χ2v) is 7.40. The predicted molar refractivity (Wildman–Crippen MR) is 117 cm³/mol. The van der Waals surface area contributed by atoms with E-state index in [0.29, 0.717) is 16.8 Å². The molecule has 0 unspecified atom stereocenters. The lowest BCUT2D eigenvalue weighted by molar-refractivity contribution is 0.102. The Balaban J connectivity index is 1.67. The van der Waals surface area contributed by atoms with E-state index in [1.54, 1.807) is 30.5 Å². The third kappa shape index (κ3) is 3.76. The standard InChI is InChI=1S/C24H23N3O3/c1-14(2)29-18-10-8-17(9-11-18)24(28)26-21-7-5-6-20-19(12-13-25-23(20)21)22-15(3)27-30-16(22)4/h5-14H,1-4H3,(H,26,28). The maximum absolute atomic E-state index is 12.8. The minimum Gasteiger partial charge on any atom is -0.491 e. The number of ether oxygens (including phenoxy) is 1. The van der Waals surface area contributed by atoms with Gasteiger partial charge in [-0.1, -0.05) is 17.3 Å². The van der Waals surface area contributed by atoms with Crippen molar-refractivity contribution in [3.8, 4) is 16.9 Å². The smallest absolute Gasteiger partial charge is 0.255 e. The lowest BCUT2D eigenvalue weighted by atomic mass is 9.99. The molecule has 2 heterocycles. The number of carbonyl (C=O) groups is 1. The van der Waals surface area contributed by atoms with E-state index in [-0.39, 0.29) is 12.0 Å². The first-order chi connectivity index (χ1) is 14.4. The van der Waals surface area contributed by atoms with E-state index in [9.17, 15) is 4.79 Å². The molecular formula is C24H23N3O3. The summed E-state index contributed by atoms with van der Waals surface area (Å²) in [4.78, 5) is 17.3. The zero-order valence-corrected chi connectivity index (χ0v) is 17.4. The molecule has 2 aromatic carbocycles. The molecule has 0 saturated carbocycles. The lowest BCUT2D eigenvalue weighted by Crippen LogP contribution is -2.12. The summed E-state index contributed by atoms with van der Waals surface area (Å²) in [6.07, 6.45) is 1.82. The van der Waals surface area contributed by atoms with Crippen molar-refractivity contribution in [2.45, 2.75) is 33.8 Å². The fraction of sp³-hybridized carbons (Fsp3) is 0.208. The zero-order chi connectivity index (χ0) is 21.3. The van der Waals surface area contributed by atoms with Gasteiger partial charge in [0.05, 0.1) is 23.0 Å². The number of rotatable bonds is 5. The van der Waals surface area contributed by atoms with Crippen LogP contribution in [0.2, 0.25) is 0 Å². The number of para-hydroxylation sites is 1. The highest BCUT2D eigenvalue weighted by molar-refractivity contribution is 6.10. The Hall–Kier alpha value is -3.67. The van der Waals surface area contributed by atoms with E-state index in [0.717, 1.165) is 33.7 Å². The van der Waals surface area contributed by atoms with E-state index in [4.69, 9.17) is 9.26 Å². The number of amides is 1. The second-order valence-electron chi connectivity index (χ2n) is 7.40. The zero-order valence-electron chi connectivity index (χ0n) is 17.4. The highest BCUT2D eigenvalue weighted by Gasteiger charge is 2.16. The number of carbonyl (C=O) groups excluding carboxylic acids is 1. The topological polar surface area (TPSA) is 77.3 Å². The van der Waals surface area contributed by atoms with Crippen molar-refractivity contribution in [2.75, 3.05) is 5.32 Å². The van der Waals surface area contributed by atoms with Gasteiger partial charge >= 0.3 is 0 Å². The summed E-state index contributed by atoms with van der Waals surface area (Å²) < 4.78 is 11.0. The fourth-order valence-electron chi connectivity index (χ4n) is 3.51. The van der Waals surface area contributed by atoms with E-state index in [1.165, 1.54) is 0 Å². The number of nitrogens with zero attached hydrogens (tertiary/aromatic N) is 2. The molecule has 2 aromatic heterocycles. The van der Waals surface area contributed by atoms with Crippen LogP contribution in [0, 0.1) is 13.8 Å².